The lowest BCUT2D eigenvalue weighted by molar-refractivity contribution is -0.384. The smallest absolute Gasteiger partial charge is 0.269 e. The normalized spacial score (nSPS) is 11.8. The van der Waals surface area contributed by atoms with Crippen molar-refractivity contribution in [1.29, 1.82) is 0 Å². The predicted molar refractivity (Wildman–Crippen MR) is 139 cm³/mol. The lowest BCUT2D eigenvalue weighted by Gasteiger charge is -2.33. The monoisotopic (exact) mass is 524 g/mol. The van der Waals surface area contributed by atoms with Crippen LogP contribution < -0.4 is 9.62 Å². The molecule has 0 bridgehead atoms. The zero-order valence-electron chi connectivity index (χ0n) is 20.5. The zero-order chi connectivity index (χ0) is 27.0. The number of non-ortho nitro benzene ring substituents is 1. The number of benzene rings is 3. The maximum absolute atomic E-state index is 13.7. The number of likely N-dealkylation sites (N-methyl/N-ethyl adjacent to an activating group) is 1. The number of hydrogen-bond acceptors (Lipinski definition) is 6. The van der Waals surface area contributed by atoms with Gasteiger partial charge < -0.3 is 10.2 Å². The van der Waals surface area contributed by atoms with E-state index < -0.39 is 33.4 Å². The summed E-state index contributed by atoms with van der Waals surface area (Å²) in [7, 11) is -2.76. The SMILES string of the molecule is CC[C@@H](C(=O)NC)N(Cc1ccccc1)C(=O)CN(c1ccc([N+](=O)[O-])cc1)S(=O)(=O)c1ccccc1. The number of sulfonamides is 1. The summed E-state index contributed by atoms with van der Waals surface area (Å²) >= 11 is 0. The summed E-state index contributed by atoms with van der Waals surface area (Å²) in [5, 5.41) is 13.7. The molecule has 0 unspecified atom stereocenters. The molecule has 10 nitrogen and oxygen atoms in total. The maximum atomic E-state index is 13.7. The number of anilines is 1. The Balaban J connectivity index is 2.05. The standard InChI is InChI=1S/C26H28N4O6S/c1-3-24(26(32)27-2)28(18-20-10-6-4-7-11-20)25(31)19-29(21-14-16-22(17-15-21)30(33)34)37(35,36)23-12-8-5-9-13-23/h4-17,24H,3,18-19H2,1-2H3,(H,27,32)/t24-/m0/s1. The number of amides is 2. The molecule has 0 aromatic heterocycles. The molecule has 0 aliphatic carbocycles. The molecule has 1 N–H and O–H groups in total. The molecule has 0 aliphatic heterocycles. The lowest BCUT2D eigenvalue weighted by atomic mass is 10.1. The highest BCUT2D eigenvalue weighted by molar-refractivity contribution is 7.92. The molecule has 0 spiro atoms. The summed E-state index contributed by atoms with van der Waals surface area (Å²) in [6.07, 6.45) is 0.307. The van der Waals surface area contributed by atoms with Crippen LogP contribution >= 0.6 is 0 Å². The van der Waals surface area contributed by atoms with E-state index in [1.165, 1.54) is 48.3 Å². The Morgan fingerprint density at radius 2 is 1.51 bits per heavy atom. The third-order valence-electron chi connectivity index (χ3n) is 5.79. The van der Waals surface area contributed by atoms with Gasteiger partial charge in [0, 0.05) is 25.7 Å². The van der Waals surface area contributed by atoms with Crippen molar-refractivity contribution in [2.75, 3.05) is 17.9 Å². The molecule has 3 aromatic carbocycles. The molecule has 2 amide bonds. The number of rotatable bonds is 11. The van der Waals surface area contributed by atoms with Gasteiger partial charge in [-0.1, -0.05) is 55.5 Å². The van der Waals surface area contributed by atoms with E-state index in [1.54, 1.807) is 25.1 Å². The molecule has 0 saturated heterocycles. The van der Waals surface area contributed by atoms with Gasteiger partial charge in [0.25, 0.3) is 15.7 Å². The van der Waals surface area contributed by atoms with Gasteiger partial charge in [0.2, 0.25) is 11.8 Å². The van der Waals surface area contributed by atoms with Crippen LogP contribution in [0.25, 0.3) is 0 Å². The van der Waals surface area contributed by atoms with Crippen molar-refractivity contribution in [2.24, 2.45) is 0 Å². The Labute approximate surface area is 215 Å². The molecule has 194 valence electrons. The van der Waals surface area contributed by atoms with E-state index in [4.69, 9.17) is 0 Å². The van der Waals surface area contributed by atoms with E-state index in [2.05, 4.69) is 5.32 Å². The van der Waals surface area contributed by atoms with Crippen molar-refractivity contribution in [3.05, 3.63) is 101 Å². The van der Waals surface area contributed by atoms with E-state index in [0.717, 1.165) is 9.87 Å². The average Bonchev–Trinajstić information content (AvgIpc) is 2.92. The third-order valence-corrected chi connectivity index (χ3v) is 7.57. The van der Waals surface area contributed by atoms with Crippen LogP contribution in [0.2, 0.25) is 0 Å². The molecular weight excluding hydrogens is 496 g/mol. The third kappa shape index (κ3) is 6.50. The second-order valence-corrected chi connectivity index (χ2v) is 10.0. The Morgan fingerprint density at radius 1 is 0.946 bits per heavy atom. The number of hydrogen-bond donors (Lipinski definition) is 1. The van der Waals surface area contributed by atoms with Gasteiger partial charge in [0.1, 0.15) is 12.6 Å². The van der Waals surface area contributed by atoms with Crippen molar-refractivity contribution in [1.82, 2.24) is 10.2 Å². The summed E-state index contributed by atoms with van der Waals surface area (Å²) in [5.41, 5.74) is 0.630. The Bertz CT molecular complexity index is 1330. The van der Waals surface area contributed by atoms with Gasteiger partial charge >= 0.3 is 0 Å². The van der Waals surface area contributed by atoms with Gasteiger partial charge in [-0.05, 0) is 36.2 Å². The second kappa shape index (κ2) is 12.1. The quantitative estimate of drug-likeness (QED) is 0.302. The summed E-state index contributed by atoms with van der Waals surface area (Å²) in [6, 6.07) is 20.7. The van der Waals surface area contributed by atoms with Crippen LogP contribution in [-0.2, 0) is 26.2 Å². The highest BCUT2D eigenvalue weighted by atomic mass is 32.2. The molecule has 0 radical (unpaired) electrons. The van der Waals surface area contributed by atoms with Gasteiger partial charge in [-0.3, -0.25) is 24.0 Å². The number of nitrogens with zero attached hydrogens (tertiary/aromatic N) is 3. The summed E-state index contributed by atoms with van der Waals surface area (Å²) in [6.45, 7) is 1.24. The molecule has 11 heteroatoms. The fourth-order valence-electron chi connectivity index (χ4n) is 3.86. The maximum Gasteiger partial charge on any atom is 0.269 e. The van der Waals surface area contributed by atoms with Crippen molar-refractivity contribution in [2.45, 2.75) is 30.8 Å². The first-order valence-corrected chi connectivity index (χ1v) is 13.0. The molecule has 0 fully saturated rings. The highest BCUT2D eigenvalue weighted by Gasteiger charge is 2.33. The predicted octanol–water partition coefficient (Wildman–Crippen LogP) is 3.34. The first-order chi connectivity index (χ1) is 17.7. The molecule has 1 atom stereocenters. The van der Waals surface area contributed by atoms with Gasteiger partial charge in [-0.15, -0.1) is 0 Å². The minimum absolute atomic E-state index is 0.0471. The fourth-order valence-corrected chi connectivity index (χ4v) is 5.29. The second-order valence-electron chi connectivity index (χ2n) is 8.14. The number of nitro groups is 1. The number of nitro benzene ring substituents is 1. The van der Waals surface area contributed by atoms with Crippen molar-refractivity contribution in [3.8, 4) is 0 Å². The number of nitrogens with one attached hydrogen (secondary N) is 1. The molecule has 0 heterocycles. The minimum Gasteiger partial charge on any atom is -0.357 e. The molecular formula is C26H28N4O6S. The number of carbonyl (C=O) groups excluding carboxylic acids is 2. The largest absolute Gasteiger partial charge is 0.357 e. The summed E-state index contributed by atoms with van der Waals surface area (Å²) in [4.78, 5) is 38.2. The van der Waals surface area contributed by atoms with Crippen LogP contribution in [0.4, 0.5) is 11.4 Å². The zero-order valence-corrected chi connectivity index (χ0v) is 21.3. The fraction of sp³-hybridized carbons (Fsp3) is 0.231. The Hall–Kier alpha value is -4.25. The Kier molecular flexibility index (Phi) is 8.96. The van der Waals surface area contributed by atoms with E-state index in [9.17, 15) is 28.1 Å². The van der Waals surface area contributed by atoms with Crippen LogP contribution in [0.1, 0.15) is 18.9 Å². The molecule has 37 heavy (non-hydrogen) atoms. The van der Waals surface area contributed by atoms with E-state index >= 15 is 0 Å². The van der Waals surface area contributed by atoms with Crippen LogP contribution in [0.15, 0.2) is 89.8 Å². The van der Waals surface area contributed by atoms with Crippen LogP contribution in [0, 0.1) is 10.1 Å². The Morgan fingerprint density at radius 3 is 2.03 bits per heavy atom. The van der Waals surface area contributed by atoms with Gasteiger partial charge in [-0.25, -0.2) is 8.42 Å². The average molecular weight is 525 g/mol. The van der Waals surface area contributed by atoms with Gasteiger partial charge in [0.05, 0.1) is 15.5 Å². The van der Waals surface area contributed by atoms with Gasteiger partial charge in [0.15, 0.2) is 0 Å². The highest BCUT2D eigenvalue weighted by Crippen LogP contribution is 2.26. The van der Waals surface area contributed by atoms with Crippen molar-refractivity contribution < 1.29 is 22.9 Å². The molecule has 3 rings (SSSR count). The van der Waals surface area contributed by atoms with Gasteiger partial charge in [-0.2, -0.15) is 0 Å². The van der Waals surface area contributed by atoms with Crippen LogP contribution in [0.3, 0.4) is 0 Å². The first-order valence-electron chi connectivity index (χ1n) is 11.6. The van der Waals surface area contributed by atoms with Crippen molar-refractivity contribution in [3.63, 3.8) is 0 Å². The number of carbonyl (C=O) groups is 2. The molecule has 3 aromatic rings. The molecule has 0 aliphatic rings. The summed E-state index contributed by atoms with van der Waals surface area (Å²) in [5.74, 6) is -0.975. The van der Waals surface area contributed by atoms with Crippen molar-refractivity contribution >= 4 is 33.2 Å². The lowest BCUT2D eigenvalue weighted by Crippen LogP contribution is -2.51. The van der Waals surface area contributed by atoms with E-state index in [0.29, 0.717) is 6.42 Å². The topological polar surface area (TPSA) is 130 Å². The summed E-state index contributed by atoms with van der Waals surface area (Å²) < 4.78 is 28.2. The van der Waals surface area contributed by atoms with Crippen LogP contribution in [-0.4, -0.2) is 49.7 Å². The minimum atomic E-state index is -4.23. The van der Waals surface area contributed by atoms with Crippen LogP contribution in [0.5, 0.6) is 0 Å². The molecule has 0 saturated carbocycles. The van der Waals surface area contributed by atoms with E-state index in [-0.39, 0.29) is 28.7 Å². The first kappa shape index (κ1) is 27.3. The van der Waals surface area contributed by atoms with E-state index in [1.807, 2.05) is 30.3 Å².